The lowest BCUT2D eigenvalue weighted by Crippen LogP contribution is -2.28. The molecule has 1 aliphatic rings. The van der Waals surface area contributed by atoms with E-state index < -0.39 is 0 Å². The molecule has 1 fully saturated rings. The number of phenolic OH excluding ortho intramolecular Hbond substituents is 1. The molecule has 0 saturated carbocycles. The van der Waals surface area contributed by atoms with Crippen LogP contribution >= 0.6 is 0 Å². The standard InChI is InChI=1S/C22H25N3O/c1-14(18-9-8-16(12-23)11-21(18)26)15(2)19-6-3-7-20(22(19)24)17-5-4-10-25-13-17/h3,6-9,11,17,25-26H,4-5,10,13,24H2,1-2H3/b15-14+/t17-/m1/s1. The van der Waals surface area contributed by atoms with Gasteiger partial charge < -0.3 is 16.2 Å². The number of rotatable bonds is 3. The Morgan fingerprint density at radius 2 is 1.96 bits per heavy atom. The van der Waals surface area contributed by atoms with Crippen LogP contribution in [0.25, 0.3) is 11.1 Å². The van der Waals surface area contributed by atoms with E-state index in [0.29, 0.717) is 11.5 Å². The predicted octanol–water partition coefficient (Wildman–Crippen LogP) is 4.26. The number of aromatic hydroxyl groups is 1. The van der Waals surface area contributed by atoms with E-state index in [1.54, 1.807) is 12.1 Å². The highest BCUT2D eigenvalue weighted by atomic mass is 16.3. The molecule has 0 unspecified atom stereocenters. The largest absolute Gasteiger partial charge is 0.507 e. The van der Waals surface area contributed by atoms with Crippen molar-refractivity contribution in [2.45, 2.75) is 32.6 Å². The highest BCUT2D eigenvalue weighted by molar-refractivity contribution is 5.94. The average molecular weight is 347 g/mol. The molecule has 0 spiro atoms. The third-order valence-corrected chi connectivity index (χ3v) is 5.37. The van der Waals surface area contributed by atoms with Crippen LogP contribution in [0.1, 0.15) is 54.9 Å². The summed E-state index contributed by atoms with van der Waals surface area (Å²) in [7, 11) is 0. The summed E-state index contributed by atoms with van der Waals surface area (Å²) in [6.07, 6.45) is 2.32. The van der Waals surface area contributed by atoms with Crippen molar-refractivity contribution in [1.29, 1.82) is 5.26 Å². The number of allylic oxidation sites excluding steroid dienone is 2. The predicted molar refractivity (Wildman–Crippen MR) is 107 cm³/mol. The van der Waals surface area contributed by atoms with E-state index in [1.807, 2.05) is 26.0 Å². The van der Waals surface area contributed by atoms with Crippen molar-refractivity contribution in [1.82, 2.24) is 5.32 Å². The lowest BCUT2D eigenvalue weighted by atomic mass is 9.86. The molecule has 0 bridgehead atoms. The quantitative estimate of drug-likeness (QED) is 0.572. The second kappa shape index (κ2) is 7.63. The fourth-order valence-corrected chi connectivity index (χ4v) is 3.71. The van der Waals surface area contributed by atoms with Crippen molar-refractivity contribution >= 4 is 16.8 Å². The topological polar surface area (TPSA) is 82.1 Å². The van der Waals surface area contributed by atoms with Crippen LogP contribution in [0, 0.1) is 11.3 Å². The Kier molecular flexibility index (Phi) is 5.29. The second-order valence-corrected chi connectivity index (χ2v) is 6.95. The third-order valence-electron chi connectivity index (χ3n) is 5.37. The number of nitrogens with one attached hydrogen (secondary N) is 1. The fraction of sp³-hybridized carbons (Fsp3) is 0.318. The van der Waals surface area contributed by atoms with E-state index >= 15 is 0 Å². The van der Waals surface area contributed by atoms with Gasteiger partial charge in [0.25, 0.3) is 0 Å². The zero-order valence-electron chi connectivity index (χ0n) is 15.3. The van der Waals surface area contributed by atoms with Crippen LogP contribution in [-0.2, 0) is 0 Å². The van der Waals surface area contributed by atoms with E-state index in [9.17, 15) is 5.11 Å². The maximum Gasteiger partial charge on any atom is 0.124 e. The minimum Gasteiger partial charge on any atom is -0.507 e. The van der Waals surface area contributed by atoms with E-state index in [2.05, 4.69) is 17.4 Å². The summed E-state index contributed by atoms with van der Waals surface area (Å²) in [6.45, 7) is 6.05. The van der Waals surface area contributed by atoms with Gasteiger partial charge in [-0.25, -0.2) is 0 Å². The maximum atomic E-state index is 10.3. The first-order valence-electron chi connectivity index (χ1n) is 9.03. The molecule has 0 aliphatic carbocycles. The SMILES string of the molecule is C/C(=C(/C)c1cccc([C@@H]2CCCNC2)c1N)c1ccc(C#N)cc1O. The van der Waals surface area contributed by atoms with Crippen LogP contribution in [-0.4, -0.2) is 18.2 Å². The maximum absolute atomic E-state index is 10.3. The van der Waals surface area contributed by atoms with Gasteiger partial charge in [0.05, 0.1) is 11.6 Å². The van der Waals surface area contributed by atoms with Crippen LogP contribution in [0.4, 0.5) is 5.69 Å². The number of phenols is 1. The molecule has 1 atom stereocenters. The molecule has 134 valence electrons. The fourth-order valence-electron chi connectivity index (χ4n) is 3.71. The number of para-hydroxylation sites is 1. The van der Waals surface area contributed by atoms with E-state index in [1.165, 1.54) is 18.1 Å². The molecule has 4 N–H and O–H groups in total. The number of anilines is 1. The number of nitrogens with two attached hydrogens (primary N) is 1. The van der Waals surface area contributed by atoms with Crippen LogP contribution in [0.15, 0.2) is 36.4 Å². The molecule has 1 heterocycles. The first kappa shape index (κ1) is 18.0. The summed E-state index contributed by atoms with van der Waals surface area (Å²) in [5.41, 5.74) is 12.7. The van der Waals surface area contributed by atoms with Crippen molar-refractivity contribution in [3.8, 4) is 11.8 Å². The van der Waals surface area contributed by atoms with Gasteiger partial charge in [-0.2, -0.15) is 5.26 Å². The summed E-state index contributed by atoms with van der Waals surface area (Å²) in [5.74, 6) is 0.562. The first-order chi connectivity index (χ1) is 12.5. The molecule has 4 nitrogen and oxygen atoms in total. The Morgan fingerprint density at radius 1 is 1.19 bits per heavy atom. The Labute approximate surface area is 155 Å². The molecule has 0 radical (unpaired) electrons. The Balaban J connectivity index is 2.02. The highest BCUT2D eigenvalue weighted by Crippen LogP contribution is 2.37. The molecule has 4 heteroatoms. The van der Waals surface area contributed by atoms with Crippen molar-refractivity contribution in [3.63, 3.8) is 0 Å². The number of piperidine rings is 1. The highest BCUT2D eigenvalue weighted by Gasteiger charge is 2.19. The number of nitrogen functional groups attached to an aromatic ring is 1. The molecule has 0 amide bonds. The molecule has 2 aromatic rings. The van der Waals surface area contributed by atoms with Gasteiger partial charge in [0.2, 0.25) is 0 Å². The Morgan fingerprint density at radius 3 is 2.62 bits per heavy atom. The van der Waals surface area contributed by atoms with Crippen LogP contribution < -0.4 is 11.1 Å². The van der Waals surface area contributed by atoms with Crippen molar-refractivity contribution < 1.29 is 5.11 Å². The van der Waals surface area contributed by atoms with Crippen molar-refractivity contribution in [2.75, 3.05) is 18.8 Å². The van der Waals surface area contributed by atoms with Gasteiger partial charge in [0, 0.05) is 23.4 Å². The molecule has 0 aromatic heterocycles. The van der Waals surface area contributed by atoms with Gasteiger partial charge in [0.15, 0.2) is 0 Å². The van der Waals surface area contributed by atoms with E-state index in [-0.39, 0.29) is 5.75 Å². The minimum absolute atomic E-state index is 0.118. The molecular weight excluding hydrogens is 322 g/mol. The minimum atomic E-state index is 0.118. The summed E-state index contributed by atoms with van der Waals surface area (Å²) >= 11 is 0. The van der Waals surface area contributed by atoms with Gasteiger partial charge in [-0.05, 0) is 74.1 Å². The van der Waals surface area contributed by atoms with Crippen LogP contribution in [0.3, 0.4) is 0 Å². The zero-order valence-corrected chi connectivity index (χ0v) is 15.3. The molecule has 1 saturated heterocycles. The number of nitrogens with zero attached hydrogens (tertiary/aromatic N) is 1. The number of hydrogen-bond donors (Lipinski definition) is 3. The second-order valence-electron chi connectivity index (χ2n) is 6.95. The summed E-state index contributed by atoms with van der Waals surface area (Å²) in [4.78, 5) is 0. The van der Waals surface area contributed by atoms with Crippen LogP contribution in [0.2, 0.25) is 0 Å². The van der Waals surface area contributed by atoms with E-state index in [4.69, 9.17) is 11.0 Å². The number of hydrogen-bond acceptors (Lipinski definition) is 4. The lowest BCUT2D eigenvalue weighted by Gasteiger charge is -2.25. The van der Waals surface area contributed by atoms with Gasteiger partial charge in [-0.15, -0.1) is 0 Å². The molecular formula is C22H25N3O. The lowest BCUT2D eigenvalue weighted by molar-refractivity contribution is 0.462. The van der Waals surface area contributed by atoms with Crippen molar-refractivity contribution in [2.24, 2.45) is 0 Å². The Hall–Kier alpha value is -2.77. The van der Waals surface area contributed by atoms with Gasteiger partial charge in [-0.1, -0.05) is 18.2 Å². The third kappa shape index (κ3) is 3.44. The molecule has 3 rings (SSSR count). The number of nitriles is 1. The normalized spacial score (nSPS) is 18.1. The van der Waals surface area contributed by atoms with Gasteiger partial charge in [0.1, 0.15) is 5.75 Å². The van der Waals surface area contributed by atoms with Crippen molar-refractivity contribution in [3.05, 3.63) is 58.7 Å². The summed E-state index contributed by atoms with van der Waals surface area (Å²) in [6, 6.07) is 13.3. The zero-order chi connectivity index (χ0) is 18.7. The van der Waals surface area contributed by atoms with E-state index in [0.717, 1.165) is 47.5 Å². The summed E-state index contributed by atoms with van der Waals surface area (Å²) < 4.78 is 0. The molecule has 2 aromatic carbocycles. The first-order valence-corrected chi connectivity index (χ1v) is 9.03. The average Bonchev–Trinajstić information content (AvgIpc) is 2.67. The Bertz CT molecular complexity index is 887. The molecule has 1 aliphatic heterocycles. The smallest absolute Gasteiger partial charge is 0.124 e. The number of benzene rings is 2. The molecule has 26 heavy (non-hydrogen) atoms. The van der Waals surface area contributed by atoms with Gasteiger partial charge >= 0.3 is 0 Å². The monoisotopic (exact) mass is 347 g/mol. The van der Waals surface area contributed by atoms with Crippen LogP contribution in [0.5, 0.6) is 5.75 Å². The summed E-state index contributed by atoms with van der Waals surface area (Å²) in [5, 5.41) is 22.7. The van der Waals surface area contributed by atoms with Gasteiger partial charge in [-0.3, -0.25) is 0 Å².